The average molecular weight is 344 g/mol. The highest BCUT2D eigenvalue weighted by molar-refractivity contribution is 6.32. The first-order valence-electron chi connectivity index (χ1n) is 7.87. The largest absolute Gasteiger partial charge is 0.490 e. The number of benzene rings is 2. The van der Waals surface area contributed by atoms with Gasteiger partial charge >= 0.3 is 0 Å². The van der Waals surface area contributed by atoms with Crippen molar-refractivity contribution >= 4 is 17.3 Å². The summed E-state index contributed by atoms with van der Waals surface area (Å²) >= 11 is 6.34. The Morgan fingerprint density at radius 3 is 2.67 bits per heavy atom. The molecule has 0 spiro atoms. The molecule has 0 saturated carbocycles. The summed E-state index contributed by atoms with van der Waals surface area (Å²) in [6, 6.07) is 10.1. The van der Waals surface area contributed by atoms with Gasteiger partial charge in [0.1, 0.15) is 6.61 Å². The van der Waals surface area contributed by atoms with Crippen LogP contribution < -0.4 is 14.8 Å². The van der Waals surface area contributed by atoms with Gasteiger partial charge in [-0.05, 0) is 55.7 Å². The molecule has 0 amide bonds. The van der Waals surface area contributed by atoms with Crippen LogP contribution in [0.25, 0.3) is 0 Å². The van der Waals surface area contributed by atoms with Gasteiger partial charge in [-0.3, -0.25) is 0 Å². The van der Waals surface area contributed by atoms with Gasteiger partial charge in [0.25, 0.3) is 0 Å². The summed E-state index contributed by atoms with van der Waals surface area (Å²) in [6.07, 6.45) is 5.25. The Bertz CT molecular complexity index is 750. The van der Waals surface area contributed by atoms with Crippen molar-refractivity contribution in [2.24, 2.45) is 0 Å². The van der Waals surface area contributed by atoms with E-state index in [1.807, 2.05) is 19.1 Å². The predicted octanol–water partition coefficient (Wildman–Crippen LogP) is 4.98. The van der Waals surface area contributed by atoms with Crippen molar-refractivity contribution in [1.29, 1.82) is 0 Å². The summed E-state index contributed by atoms with van der Waals surface area (Å²) in [7, 11) is 0. The average Bonchev–Trinajstić information content (AvgIpc) is 2.55. The lowest BCUT2D eigenvalue weighted by Gasteiger charge is -2.15. The monoisotopic (exact) mass is 343 g/mol. The third kappa shape index (κ3) is 4.59. The lowest BCUT2D eigenvalue weighted by atomic mass is 10.1. The zero-order valence-electron chi connectivity index (χ0n) is 14.3. The van der Waals surface area contributed by atoms with Crippen LogP contribution in [0.1, 0.15) is 23.6 Å². The number of hydrogen-bond donors (Lipinski definition) is 1. The Balaban J connectivity index is 2.21. The summed E-state index contributed by atoms with van der Waals surface area (Å²) in [5.74, 6) is 3.54. The second-order valence-corrected chi connectivity index (χ2v) is 5.91. The lowest BCUT2D eigenvalue weighted by molar-refractivity contribution is 0.299. The molecule has 0 fully saturated rings. The van der Waals surface area contributed by atoms with Gasteiger partial charge in [0.05, 0.1) is 11.6 Å². The third-order valence-electron chi connectivity index (χ3n) is 3.55. The molecule has 0 aromatic heterocycles. The standard InChI is InChI=1S/C20H22ClNO2/c1-5-9-24-20-17(21)11-16(12-19(20)23-6-2)13-22-18-10-14(3)7-8-15(18)4/h1,7-8,10-12,22H,6,9,13H2,2-4H3. The Kier molecular flexibility index (Phi) is 6.40. The fraction of sp³-hybridized carbons (Fsp3) is 0.300. The zero-order valence-corrected chi connectivity index (χ0v) is 15.0. The predicted molar refractivity (Wildman–Crippen MR) is 100 cm³/mol. The molecule has 0 heterocycles. The molecule has 0 aliphatic rings. The van der Waals surface area contributed by atoms with Crippen molar-refractivity contribution in [2.75, 3.05) is 18.5 Å². The van der Waals surface area contributed by atoms with Crippen LogP contribution in [-0.2, 0) is 6.54 Å². The molecule has 0 unspecified atom stereocenters. The van der Waals surface area contributed by atoms with Gasteiger partial charge in [0.2, 0.25) is 0 Å². The maximum atomic E-state index is 6.34. The maximum absolute atomic E-state index is 6.34. The van der Waals surface area contributed by atoms with E-state index in [0.29, 0.717) is 29.7 Å². The quantitative estimate of drug-likeness (QED) is 0.719. The van der Waals surface area contributed by atoms with Crippen molar-refractivity contribution < 1.29 is 9.47 Å². The summed E-state index contributed by atoms with van der Waals surface area (Å²) < 4.78 is 11.2. The van der Waals surface area contributed by atoms with Crippen LogP contribution in [0.4, 0.5) is 5.69 Å². The van der Waals surface area contributed by atoms with Gasteiger partial charge in [0.15, 0.2) is 11.5 Å². The number of nitrogens with one attached hydrogen (secondary N) is 1. The number of aryl methyl sites for hydroxylation is 2. The lowest BCUT2D eigenvalue weighted by Crippen LogP contribution is -2.04. The number of halogens is 1. The first kappa shape index (κ1) is 18.0. The van der Waals surface area contributed by atoms with Gasteiger partial charge in [-0.25, -0.2) is 0 Å². The summed E-state index contributed by atoms with van der Waals surface area (Å²) in [5, 5.41) is 3.94. The van der Waals surface area contributed by atoms with E-state index in [-0.39, 0.29) is 6.61 Å². The van der Waals surface area contributed by atoms with E-state index in [1.165, 1.54) is 11.1 Å². The molecule has 3 nitrogen and oxygen atoms in total. The van der Waals surface area contributed by atoms with E-state index in [1.54, 1.807) is 0 Å². The fourth-order valence-corrected chi connectivity index (χ4v) is 2.65. The Hall–Kier alpha value is -2.31. The van der Waals surface area contributed by atoms with Crippen molar-refractivity contribution in [3.8, 4) is 23.8 Å². The smallest absolute Gasteiger partial charge is 0.181 e. The van der Waals surface area contributed by atoms with E-state index in [9.17, 15) is 0 Å². The van der Waals surface area contributed by atoms with Gasteiger partial charge in [-0.2, -0.15) is 0 Å². The molecule has 0 aliphatic carbocycles. The van der Waals surface area contributed by atoms with Crippen LogP contribution in [0.5, 0.6) is 11.5 Å². The highest BCUT2D eigenvalue weighted by atomic mass is 35.5. The molecular formula is C20H22ClNO2. The molecule has 0 saturated heterocycles. The molecule has 2 rings (SSSR count). The number of terminal acetylenes is 1. The van der Waals surface area contributed by atoms with Crippen LogP contribution in [-0.4, -0.2) is 13.2 Å². The van der Waals surface area contributed by atoms with E-state index in [4.69, 9.17) is 27.5 Å². The van der Waals surface area contributed by atoms with E-state index in [2.05, 4.69) is 43.3 Å². The van der Waals surface area contributed by atoms with Crippen LogP contribution in [0, 0.1) is 26.2 Å². The molecule has 4 heteroatoms. The van der Waals surface area contributed by atoms with Crippen molar-refractivity contribution in [3.63, 3.8) is 0 Å². The summed E-state index contributed by atoms with van der Waals surface area (Å²) in [4.78, 5) is 0. The number of anilines is 1. The summed E-state index contributed by atoms with van der Waals surface area (Å²) in [6.45, 7) is 7.39. The normalized spacial score (nSPS) is 10.1. The van der Waals surface area contributed by atoms with E-state index in [0.717, 1.165) is 11.3 Å². The Labute approximate surface area is 148 Å². The van der Waals surface area contributed by atoms with E-state index < -0.39 is 0 Å². The van der Waals surface area contributed by atoms with Crippen LogP contribution in [0.15, 0.2) is 30.3 Å². The molecular weight excluding hydrogens is 322 g/mol. The Morgan fingerprint density at radius 2 is 1.96 bits per heavy atom. The molecule has 0 radical (unpaired) electrons. The highest BCUT2D eigenvalue weighted by Crippen LogP contribution is 2.37. The van der Waals surface area contributed by atoms with Crippen molar-refractivity contribution in [3.05, 3.63) is 52.0 Å². The van der Waals surface area contributed by atoms with Gasteiger partial charge in [-0.15, -0.1) is 6.42 Å². The van der Waals surface area contributed by atoms with Crippen molar-refractivity contribution in [2.45, 2.75) is 27.3 Å². The zero-order chi connectivity index (χ0) is 17.5. The third-order valence-corrected chi connectivity index (χ3v) is 3.83. The number of ether oxygens (including phenoxy) is 2. The molecule has 126 valence electrons. The second kappa shape index (κ2) is 8.52. The van der Waals surface area contributed by atoms with Gasteiger partial charge < -0.3 is 14.8 Å². The summed E-state index contributed by atoms with van der Waals surface area (Å²) in [5.41, 5.74) is 4.54. The minimum Gasteiger partial charge on any atom is -0.490 e. The maximum Gasteiger partial charge on any atom is 0.181 e. The SMILES string of the molecule is C#CCOc1c(Cl)cc(CNc2cc(C)ccc2C)cc1OCC. The minimum absolute atomic E-state index is 0.153. The minimum atomic E-state index is 0.153. The molecule has 1 N–H and O–H groups in total. The molecule has 0 bridgehead atoms. The second-order valence-electron chi connectivity index (χ2n) is 5.50. The molecule has 2 aromatic carbocycles. The molecule has 0 atom stereocenters. The van der Waals surface area contributed by atoms with Crippen LogP contribution >= 0.6 is 11.6 Å². The first-order chi connectivity index (χ1) is 11.5. The van der Waals surface area contributed by atoms with E-state index >= 15 is 0 Å². The molecule has 2 aromatic rings. The number of hydrogen-bond acceptors (Lipinski definition) is 3. The fourth-order valence-electron chi connectivity index (χ4n) is 2.36. The first-order valence-corrected chi connectivity index (χ1v) is 8.25. The topological polar surface area (TPSA) is 30.5 Å². The highest BCUT2D eigenvalue weighted by Gasteiger charge is 2.12. The molecule has 24 heavy (non-hydrogen) atoms. The van der Waals surface area contributed by atoms with Gasteiger partial charge in [0, 0.05) is 12.2 Å². The number of rotatable bonds is 7. The molecule has 0 aliphatic heterocycles. The van der Waals surface area contributed by atoms with Crippen LogP contribution in [0.2, 0.25) is 5.02 Å². The van der Waals surface area contributed by atoms with Crippen molar-refractivity contribution in [1.82, 2.24) is 0 Å². The van der Waals surface area contributed by atoms with Gasteiger partial charge in [-0.1, -0.05) is 29.7 Å². The Morgan fingerprint density at radius 1 is 1.17 bits per heavy atom. The van der Waals surface area contributed by atoms with Crippen LogP contribution in [0.3, 0.4) is 0 Å².